The summed E-state index contributed by atoms with van der Waals surface area (Å²) in [5, 5.41) is 8.07. The smallest absolute Gasteiger partial charge is 0.156 e. The van der Waals surface area contributed by atoms with Gasteiger partial charge in [0.1, 0.15) is 0 Å². The molecule has 1 aromatic rings. The topological polar surface area (TPSA) is 29.9 Å². The summed E-state index contributed by atoms with van der Waals surface area (Å²) in [5.74, 6) is 0. The molecule has 1 aromatic heterocycles. The van der Waals surface area contributed by atoms with Gasteiger partial charge in [0.2, 0.25) is 0 Å². The standard InChI is InChI=1S/C12H17ClFN3/c1-2-17-11(10(13)7-15-17)12(14)5-8-3-4-9(6-12)16-8/h7-9,16H,2-6H2,1H3. The molecule has 0 aromatic carbocycles. The number of hydrogen-bond acceptors (Lipinski definition) is 2. The predicted octanol–water partition coefficient (Wildman–Crippen LogP) is 2.64. The van der Waals surface area contributed by atoms with Crippen molar-refractivity contribution in [2.24, 2.45) is 0 Å². The Bertz CT molecular complexity index is 419. The van der Waals surface area contributed by atoms with E-state index in [9.17, 15) is 0 Å². The average molecular weight is 258 g/mol. The highest BCUT2D eigenvalue weighted by Gasteiger charge is 2.47. The Hall–Kier alpha value is -0.610. The number of nitrogens with zero attached hydrogens (tertiary/aromatic N) is 2. The van der Waals surface area contributed by atoms with Gasteiger partial charge < -0.3 is 5.32 Å². The van der Waals surface area contributed by atoms with Crippen LogP contribution in [0.5, 0.6) is 0 Å². The fourth-order valence-corrected chi connectivity index (χ4v) is 3.64. The molecule has 3 nitrogen and oxygen atoms in total. The van der Waals surface area contributed by atoms with Gasteiger partial charge in [0.25, 0.3) is 0 Å². The quantitative estimate of drug-likeness (QED) is 0.883. The Morgan fingerprint density at radius 3 is 2.76 bits per heavy atom. The summed E-state index contributed by atoms with van der Waals surface area (Å²) in [5.41, 5.74) is -0.721. The summed E-state index contributed by atoms with van der Waals surface area (Å²) in [6.45, 7) is 2.63. The molecular weight excluding hydrogens is 241 g/mol. The molecule has 0 amide bonds. The van der Waals surface area contributed by atoms with E-state index >= 15 is 4.39 Å². The fraction of sp³-hybridized carbons (Fsp3) is 0.750. The number of halogens is 2. The molecular formula is C12H17ClFN3. The minimum atomic E-state index is -1.30. The summed E-state index contributed by atoms with van der Waals surface area (Å²) in [7, 11) is 0. The van der Waals surface area contributed by atoms with Crippen LogP contribution in [0.1, 0.15) is 38.3 Å². The molecule has 0 aliphatic carbocycles. The molecule has 2 saturated heterocycles. The SMILES string of the molecule is CCn1ncc(Cl)c1C1(F)CC2CCC(C1)N2. The highest BCUT2D eigenvalue weighted by atomic mass is 35.5. The van der Waals surface area contributed by atoms with Gasteiger partial charge in [-0.3, -0.25) is 4.68 Å². The lowest BCUT2D eigenvalue weighted by Gasteiger charge is -2.35. The molecule has 2 bridgehead atoms. The van der Waals surface area contributed by atoms with Gasteiger partial charge in [0.15, 0.2) is 5.67 Å². The summed E-state index contributed by atoms with van der Waals surface area (Å²) < 4.78 is 16.9. The highest BCUT2D eigenvalue weighted by molar-refractivity contribution is 6.31. The van der Waals surface area contributed by atoms with Crippen molar-refractivity contribution in [1.29, 1.82) is 0 Å². The third kappa shape index (κ3) is 1.78. The van der Waals surface area contributed by atoms with Crippen molar-refractivity contribution in [3.63, 3.8) is 0 Å². The molecule has 2 unspecified atom stereocenters. The number of rotatable bonds is 2. The van der Waals surface area contributed by atoms with Gasteiger partial charge in [0, 0.05) is 31.5 Å². The molecule has 2 aliphatic heterocycles. The van der Waals surface area contributed by atoms with Crippen molar-refractivity contribution < 1.29 is 4.39 Å². The van der Waals surface area contributed by atoms with E-state index in [4.69, 9.17) is 11.6 Å². The van der Waals surface area contributed by atoms with E-state index in [1.54, 1.807) is 10.9 Å². The first-order valence-electron chi connectivity index (χ1n) is 6.29. The number of piperidine rings is 1. The van der Waals surface area contributed by atoms with Crippen molar-refractivity contribution in [3.8, 4) is 0 Å². The zero-order valence-corrected chi connectivity index (χ0v) is 10.7. The van der Waals surface area contributed by atoms with E-state index in [2.05, 4.69) is 10.4 Å². The van der Waals surface area contributed by atoms with Gasteiger partial charge in [0.05, 0.1) is 16.9 Å². The normalized spacial score (nSPS) is 36.4. The molecule has 0 spiro atoms. The summed E-state index contributed by atoms with van der Waals surface area (Å²) >= 11 is 6.12. The summed E-state index contributed by atoms with van der Waals surface area (Å²) in [4.78, 5) is 0. The number of aromatic nitrogens is 2. The third-order valence-corrected chi connectivity index (χ3v) is 4.27. The maximum Gasteiger partial charge on any atom is 0.156 e. The number of fused-ring (bicyclic) bond motifs is 2. The highest BCUT2D eigenvalue weighted by Crippen LogP contribution is 2.45. The van der Waals surface area contributed by atoms with Gasteiger partial charge in [-0.15, -0.1) is 0 Å². The fourth-order valence-electron chi connectivity index (χ4n) is 3.33. The number of alkyl halides is 1. The van der Waals surface area contributed by atoms with E-state index < -0.39 is 5.67 Å². The summed E-state index contributed by atoms with van der Waals surface area (Å²) in [6.07, 6.45) is 4.76. The number of aryl methyl sites for hydroxylation is 1. The monoisotopic (exact) mass is 257 g/mol. The van der Waals surface area contributed by atoms with Crippen molar-refractivity contribution in [2.45, 2.75) is 56.9 Å². The molecule has 2 aliphatic rings. The van der Waals surface area contributed by atoms with Crippen LogP contribution in [-0.4, -0.2) is 21.9 Å². The van der Waals surface area contributed by atoms with E-state index in [0.717, 1.165) is 12.8 Å². The molecule has 2 atom stereocenters. The lowest BCUT2D eigenvalue weighted by atomic mass is 9.86. The van der Waals surface area contributed by atoms with E-state index in [0.29, 0.717) is 42.2 Å². The van der Waals surface area contributed by atoms with Crippen LogP contribution in [0.15, 0.2) is 6.20 Å². The second kappa shape index (κ2) is 3.95. The van der Waals surface area contributed by atoms with Gasteiger partial charge in [-0.1, -0.05) is 11.6 Å². The van der Waals surface area contributed by atoms with Crippen LogP contribution in [0, 0.1) is 0 Å². The largest absolute Gasteiger partial charge is 0.311 e. The van der Waals surface area contributed by atoms with Crippen LogP contribution in [0.3, 0.4) is 0 Å². The van der Waals surface area contributed by atoms with E-state index in [-0.39, 0.29) is 0 Å². The molecule has 2 fully saturated rings. The predicted molar refractivity (Wildman–Crippen MR) is 64.9 cm³/mol. The van der Waals surface area contributed by atoms with Crippen LogP contribution in [0.4, 0.5) is 4.39 Å². The lowest BCUT2D eigenvalue weighted by molar-refractivity contribution is 0.0773. The molecule has 1 N–H and O–H groups in total. The van der Waals surface area contributed by atoms with Crippen LogP contribution < -0.4 is 5.32 Å². The molecule has 3 rings (SSSR count). The van der Waals surface area contributed by atoms with Crippen molar-refractivity contribution in [2.75, 3.05) is 0 Å². The molecule has 0 saturated carbocycles. The lowest BCUT2D eigenvalue weighted by Crippen LogP contribution is -2.45. The number of nitrogens with one attached hydrogen (secondary N) is 1. The Morgan fingerprint density at radius 1 is 1.53 bits per heavy atom. The van der Waals surface area contributed by atoms with Crippen molar-refractivity contribution in [1.82, 2.24) is 15.1 Å². The maximum absolute atomic E-state index is 15.2. The van der Waals surface area contributed by atoms with Crippen molar-refractivity contribution >= 4 is 11.6 Å². The van der Waals surface area contributed by atoms with Gasteiger partial charge >= 0.3 is 0 Å². The Morgan fingerprint density at radius 2 is 2.18 bits per heavy atom. The van der Waals surface area contributed by atoms with Crippen LogP contribution in [0.25, 0.3) is 0 Å². The van der Waals surface area contributed by atoms with Crippen LogP contribution >= 0.6 is 11.6 Å². The molecule has 94 valence electrons. The Labute approximate surface area is 105 Å². The minimum Gasteiger partial charge on any atom is -0.311 e. The van der Waals surface area contributed by atoms with E-state index in [1.807, 2.05) is 6.92 Å². The first kappa shape index (κ1) is 11.5. The summed E-state index contributed by atoms with van der Waals surface area (Å²) in [6, 6.07) is 0.602. The molecule has 3 heterocycles. The second-order valence-corrected chi connectivity index (χ2v) is 5.58. The van der Waals surface area contributed by atoms with Crippen molar-refractivity contribution in [3.05, 3.63) is 16.9 Å². The molecule has 5 heteroatoms. The molecule has 0 radical (unpaired) electrons. The average Bonchev–Trinajstić information content (AvgIpc) is 2.82. The first-order chi connectivity index (χ1) is 8.12. The zero-order chi connectivity index (χ0) is 12.0. The Balaban J connectivity index is 1.99. The molecule has 17 heavy (non-hydrogen) atoms. The van der Waals surface area contributed by atoms with Gasteiger partial charge in [-0.05, 0) is 19.8 Å². The number of hydrogen-bond donors (Lipinski definition) is 1. The van der Waals surface area contributed by atoms with Crippen LogP contribution in [-0.2, 0) is 12.2 Å². The van der Waals surface area contributed by atoms with Gasteiger partial charge in [-0.25, -0.2) is 4.39 Å². The third-order valence-electron chi connectivity index (χ3n) is 3.99. The van der Waals surface area contributed by atoms with E-state index in [1.165, 1.54) is 0 Å². The van der Waals surface area contributed by atoms with Crippen LogP contribution in [0.2, 0.25) is 5.02 Å². The minimum absolute atomic E-state index is 0.301. The second-order valence-electron chi connectivity index (χ2n) is 5.17. The van der Waals surface area contributed by atoms with Gasteiger partial charge in [-0.2, -0.15) is 5.10 Å². The Kier molecular flexibility index (Phi) is 2.67. The maximum atomic E-state index is 15.2. The first-order valence-corrected chi connectivity index (χ1v) is 6.67. The zero-order valence-electron chi connectivity index (χ0n) is 9.92.